The van der Waals surface area contributed by atoms with Gasteiger partial charge in [-0.15, -0.1) is 16.4 Å². The Labute approximate surface area is 154 Å². The molecule has 0 unspecified atom stereocenters. The zero-order valence-corrected chi connectivity index (χ0v) is 14.6. The molecule has 4 nitrogen and oxygen atoms in total. The largest absolute Gasteiger partial charge is 0.253 e. The first-order valence-electron chi connectivity index (χ1n) is 8.30. The maximum atomic E-state index is 4.67. The van der Waals surface area contributed by atoms with Gasteiger partial charge < -0.3 is 0 Å². The number of hydrogen-bond donors (Lipinski definition) is 0. The van der Waals surface area contributed by atoms with Gasteiger partial charge in [-0.25, -0.2) is 4.98 Å². The standard InChI is InChI=1S/C21H14N4S/c1-2-5-15(6-3-1)16-8-10-17(11-9-16)18-12-13-22-21-23-20(24-25(18)21)19-7-4-14-26-19/h1-14H. The molecule has 5 heteroatoms. The molecule has 0 fully saturated rings. The molecule has 5 aromatic rings. The van der Waals surface area contributed by atoms with Gasteiger partial charge in [0.15, 0.2) is 5.82 Å². The van der Waals surface area contributed by atoms with E-state index >= 15 is 0 Å². The summed E-state index contributed by atoms with van der Waals surface area (Å²) in [7, 11) is 0. The van der Waals surface area contributed by atoms with Crippen molar-refractivity contribution in [3.63, 3.8) is 0 Å². The number of benzene rings is 2. The maximum absolute atomic E-state index is 4.67. The second-order valence-electron chi connectivity index (χ2n) is 5.90. The van der Waals surface area contributed by atoms with Crippen LogP contribution in [0.5, 0.6) is 0 Å². The molecule has 0 spiro atoms. The van der Waals surface area contributed by atoms with Gasteiger partial charge in [-0.2, -0.15) is 9.50 Å². The SMILES string of the molecule is c1ccc(-c2ccc(-c3ccnc4nc(-c5cccs5)nn34)cc2)cc1. The fraction of sp³-hybridized carbons (Fsp3) is 0. The smallest absolute Gasteiger partial charge is 0.220 e. The van der Waals surface area contributed by atoms with Crippen LogP contribution in [0.4, 0.5) is 0 Å². The van der Waals surface area contributed by atoms with Crippen molar-refractivity contribution in [3.8, 4) is 33.1 Å². The summed E-state index contributed by atoms with van der Waals surface area (Å²) in [5.41, 5.74) is 4.46. The summed E-state index contributed by atoms with van der Waals surface area (Å²) >= 11 is 1.63. The molecule has 0 aliphatic carbocycles. The van der Waals surface area contributed by atoms with Crippen molar-refractivity contribution in [1.82, 2.24) is 19.6 Å². The van der Waals surface area contributed by atoms with E-state index in [1.165, 1.54) is 11.1 Å². The van der Waals surface area contributed by atoms with Crippen LogP contribution in [-0.2, 0) is 0 Å². The van der Waals surface area contributed by atoms with E-state index in [0.717, 1.165) is 16.1 Å². The second-order valence-corrected chi connectivity index (χ2v) is 6.85. The van der Waals surface area contributed by atoms with Crippen LogP contribution in [0.3, 0.4) is 0 Å². The molecule has 0 saturated carbocycles. The van der Waals surface area contributed by atoms with E-state index in [-0.39, 0.29) is 0 Å². The molecule has 2 aromatic carbocycles. The summed E-state index contributed by atoms with van der Waals surface area (Å²) in [4.78, 5) is 9.96. The van der Waals surface area contributed by atoms with Crippen LogP contribution < -0.4 is 0 Å². The molecular weight excluding hydrogens is 340 g/mol. The summed E-state index contributed by atoms with van der Waals surface area (Å²) in [5.74, 6) is 1.32. The Morgan fingerprint density at radius 3 is 2.27 bits per heavy atom. The van der Waals surface area contributed by atoms with Gasteiger partial charge in [0.2, 0.25) is 0 Å². The minimum Gasteiger partial charge on any atom is -0.220 e. The number of fused-ring (bicyclic) bond motifs is 1. The first kappa shape index (κ1) is 15.0. The lowest BCUT2D eigenvalue weighted by molar-refractivity contribution is 0.952. The number of aromatic nitrogens is 4. The highest BCUT2D eigenvalue weighted by Crippen LogP contribution is 2.26. The summed E-state index contributed by atoms with van der Waals surface area (Å²) in [6.07, 6.45) is 1.78. The van der Waals surface area contributed by atoms with Crippen LogP contribution in [0.25, 0.3) is 38.9 Å². The molecule has 5 rings (SSSR count). The average molecular weight is 354 g/mol. The normalized spacial score (nSPS) is 11.1. The molecule has 124 valence electrons. The second kappa shape index (κ2) is 6.20. The summed E-state index contributed by atoms with van der Waals surface area (Å²) < 4.78 is 1.81. The van der Waals surface area contributed by atoms with E-state index in [2.05, 4.69) is 63.6 Å². The van der Waals surface area contributed by atoms with Gasteiger partial charge in [0.1, 0.15) is 0 Å². The Balaban J connectivity index is 1.58. The molecule has 0 aliphatic rings. The van der Waals surface area contributed by atoms with Gasteiger partial charge in [0.05, 0.1) is 10.6 Å². The van der Waals surface area contributed by atoms with Crippen molar-refractivity contribution in [2.75, 3.05) is 0 Å². The molecule has 0 amide bonds. The zero-order valence-electron chi connectivity index (χ0n) is 13.8. The summed E-state index contributed by atoms with van der Waals surface area (Å²) in [6.45, 7) is 0. The number of rotatable bonds is 3. The van der Waals surface area contributed by atoms with Crippen LogP contribution in [0.1, 0.15) is 0 Å². The van der Waals surface area contributed by atoms with Crippen molar-refractivity contribution in [1.29, 1.82) is 0 Å². The molecule has 0 saturated heterocycles. The fourth-order valence-electron chi connectivity index (χ4n) is 2.99. The predicted molar refractivity (Wildman–Crippen MR) is 105 cm³/mol. The van der Waals surface area contributed by atoms with E-state index in [1.807, 2.05) is 34.2 Å². The molecule has 0 aliphatic heterocycles. The van der Waals surface area contributed by atoms with Gasteiger partial charge in [-0.05, 0) is 28.6 Å². The molecule has 0 bridgehead atoms. The number of hydrogen-bond acceptors (Lipinski definition) is 4. The Bertz CT molecular complexity index is 1160. The molecule has 0 radical (unpaired) electrons. The third-order valence-corrected chi connectivity index (χ3v) is 5.14. The number of nitrogens with zero attached hydrogens (tertiary/aromatic N) is 4. The monoisotopic (exact) mass is 354 g/mol. The Hall–Kier alpha value is -3.31. The summed E-state index contributed by atoms with van der Waals surface area (Å²) in [5, 5.41) is 6.69. The Morgan fingerprint density at radius 2 is 1.50 bits per heavy atom. The lowest BCUT2D eigenvalue weighted by Gasteiger charge is -2.06. The van der Waals surface area contributed by atoms with Crippen molar-refractivity contribution in [2.45, 2.75) is 0 Å². The molecule has 3 aromatic heterocycles. The minimum absolute atomic E-state index is 0.609. The third-order valence-electron chi connectivity index (χ3n) is 4.27. The first-order valence-corrected chi connectivity index (χ1v) is 9.18. The maximum Gasteiger partial charge on any atom is 0.253 e. The van der Waals surface area contributed by atoms with Crippen molar-refractivity contribution < 1.29 is 0 Å². The predicted octanol–water partition coefficient (Wildman–Crippen LogP) is 5.19. The molecule has 0 atom stereocenters. The highest BCUT2D eigenvalue weighted by Gasteiger charge is 2.12. The lowest BCUT2D eigenvalue weighted by atomic mass is 10.0. The zero-order chi connectivity index (χ0) is 17.3. The quantitative estimate of drug-likeness (QED) is 0.448. The van der Waals surface area contributed by atoms with Crippen molar-refractivity contribution in [2.24, 2.45) is 0 Å². The minimum atomic E-state index is 0.609. The fourth-order valence-corrected chi connectivity index (χ4v) is 3.64. The van der Waals surface area contributed by atoms with E-state index in [4.69, 9.17) is 0 Å². The van der Waals surface area contributed by atoms with Crippen molar-refractivity contribution >= 4 is 17.1 Å². The van der Waals surface area contributed by atoms with Crippen LogP contribution >= 0.6 is 11.3 Å². The Kier molecular flexibility index (Phi) is 3.57. The van der Waals surface area contributed by atoms with Gasteiger partial charge in [0, 0.05) is 11.8 Å². The first-order chi connectivity index (χ1) is 12.9. The van der Waals surface area contributed by atoms with E-state index < -0.39 is 0 Å². The third kappa shape index (κ3) is 2.59. The molecule has 3 heterocycles. The number of thiophene rings is 1. The van der Waals surface area contributed by atoms with E-state index in [1.54, 1.807) is 17.5 Å². The molecule has 26 heavy (non-hydrogen) atoms. The molecule has 0 N–H and O–H groups in total. The van der Waals surface area contributed by atoms with Gasteiger partial charge in [-0.1, -0.05) is 60.7 Å². The molecular formula is C21H14N4S. The topological polar surface area (TPSA) is 43.1 Å². The van der Waals surface area contributed by atoms with E-state index in [9.17, 15) is 0 Å². The van der Waals surface area contributed by atoms with Crippen LogP contribution in [0.2, 0.25) is 0 Å². The average Bonchev–Trinajstić information content (AvgIpc) is 3.38. The Morgan fingerprint density at radius 1 is 0.731 bits per heavy atom. The van der Waals surface area contributed by atoms with Crippen LogP contribution in [-0.4, -0.2) is 19.6 Å². The highest BCUT2D eigenvalue weighted by atomic mass is 32.1. The van der Waals surface area contributed by atoms with Crippen LogP contribution in [0.15, 0.2) is 84.4 Å². The van der Waals surface area contributed by atoms with Gasteiger partial charge in [-0.3, -0.25) is 0 Å². The van der Waals surface area contributed by atoms with Crippen LogP contribution in [0, 0.1) is 0 Å². The summed E-state index contributed by atoms with van der Waals surface area (Å²) in [6, 6.07) is 24.9. The van der Waals surface area contributed by atoms with E-state index in [0.29, 0.717) is 11.6 Å². The highest BCUT2D eigenvalue weighted by molar-refractivity contribution is 7.13. The lowest BCUT2D eigenvalue weighted by Crippen LogP contribution is -1.95. The van der Waals surface area contributed by atoms with Crippen molar-refractivity contribution in [3.05, 3.63) is 84.4 Å². The van der Waals surface area contributed by atoms with Gasteiger partial charge in [0.25, 0.3) is 5.78 Å². The van der Waals surface area contributed by atoms with Gasteiger partial charge >= 0.3 is 0 Å².